The van der Waals surface area contributed by atoms with Gasteiger partial charge >= 0.3 is 0 Å². The van der Waals surface area contributed by atoms with Crippen LogP contribution in [0.2, 0.25) is 0 Å². The first-order chi connectivity index (χ1) is 11.1. The second-order valence-electron chi connectivity index (χ2n) is 5.13. The molecule has 0 saturated carbocycles. The van der Waals surface area contributed by atoms with Gasteiger partial charge in [-0.05, 0) is 36.2 Å². The summed E-state index contributed by atoms with van der Waals surface area (Å²) in [5.74, 6) is 0.614. The number of halogens is 3. The van der Waals surface area contributed by atoms with Crippen molar-refractivity contribution in [3.05, 3.63) is 59.7 Å². The summed E-state index contributed by atoms with van der Waals surface area (Å²) >= 11 is 18.0. The Kier molecular flexibility index (Phi) is 6.04. The van der Waals surface area contributed by atoms with E-state index >= 15 is 0 Å². The Balaban J connectivity index is 2.41. The maximum absolute atomic E-state index is 12.7. The molecule has 0 amide bonds. The molecular weight excluding hydrogens is 393 g/mol. The lowest BCUT2D eigenvalue weighted by Gasteiger charge is -2.26. The van der Waals surface area contributed by atoms with Gasteiger partial charge in [-0.3, -0.25) is 0 Å². The number of methoxy groups -OCH3 is 1. The van der Waals surface area contributed by atoms with Crippen molar-refractivity contribution in [2.45, 2.75) is 21.7 Å². The van der Waals surface area contributed by atoms with Crippen LogP contribution in [0, 0.1) is 6.92 Å². The summed E-state index contributed by atoms with van der Waals surface area (Å²) in [5, 5.41) is 0. The molecule has 2 aromatic rings. The maximum Gasteiger partial charge on any atom is 0.241 e. The Hall–Kier alpha value is -0.980. The monoisotopic (exact) mass is 407 g/mol. The zero-order valence-electron chi connectivity index (χ0n) is 13.0. The highest BCUT2D eigenvalue weighted by Gasteiger charge is 2.37. The summed E-state index contributed by atoms with van der Waals surface area (Å²) in [4.78, 5) is 0.137. The number of hydrogen-bond donors (Lipinski definition) is 1. The normalized spacial score (nSPS) is 13.5. The summed E-state index contributed by atoms with van der Waals surface area (Å²) in [6.07, 6.45) is 0. The average Bonchev–Trinajstić information content (AvgIpc) is 2.52. The minimum Gasteiger partial charge on any atom is -0.497 e. The van der Waals surface area contributed by atoms with E-state index in [9.17, 15) is 8.42 Å². The van der Waals surface area contributed by atoms with Crippen molar-refractivity contribution in [3.63, 3.8) is 0 Å². The fraction of sp³-hybridized carbons (Fsp3) is 0.250. The van der Waals surface area contributed by atoms with Gasteiger partial charge in [0, 0.05) is 0 Å². The Morgan fingerprint density at radius 1 is 1.04 bits per heavy atom. The Morgan fingerprint density at radius 2 is 1.62 bits per heavy atom. The van der Waals surface area contributed by atoms with Crippen LogP contribution in [0.25, 0.3) is 0 Å². The van der Waals surface area contributed by atoms with Gasteiger partial charge in [0.15, 0.2) is 0 Å². The van der Waals surface area contributed by atoms with Crippen molar-refractivity contribution >= 4 is 44.8 Å². The number of benzene rings is 2. The average molecular weight is 409 g/mol. The second kappa shape index (κ2) is 7.50. The molecule has 0 heterocycles. The molecule has 0 spiro atoms. The zero-order chi connectivity index (χ0) is 18.0. The lowest BCUT2D eigenvalue weighted by atomic mass is 10.1. The molecule has 0 radical (unpaired) electrons. The van der Waals surface area contributed by atoms with Crippen LogP contribution in [0.3, 0.4) is 0 Å². The number of rotatable bonds is 5. The quantitative estimate of drug-likeness (QED) is 0.746. The first-order valence-corrected chi connectivity index (χ1v) is 9.55. The molecule has 2 aromatic carbocycles. The van der Waals surface area contributed by atoms with Crippen LogP contribution in [0.5, 0.6) is 5.75 Å². The minimum absolute atomic E-state index is 0.137. The highest BCUT2D eigenvalue weighted by molar-refractivity contribution is 7.89. The first kappa shape index (κ1) is 19.3. The molecule has 0 aromatic heterocycles. The Bertz CT molecular complexity index is 802. The van der Waals surface area contributed by atoms with E-state index in [1.807, 2.05) is 0 Å². The standard InChI is InChI=1S/C16H16Cl3NO3S/c1-11-5-3-4-6-14(11)24(21,22)20-15(16(17,18)19)12-7-9-13(23-2)10-8-12/h3-10,15,20H,1-2H3. The molecule has 0 aliphatic carbocycles. The second-order valence-corrected chi connectivity index (χ2v) is 9.19. The number of nitrogens with one attached hydrogen (secondary N) is 1. The van der Waals surface area contributed by atoms with Crippen molar-refractivity contribution in [3.8, 4) is 5.75 Å². The molecule has 0 aliphatic heterocycles. The van der Waals surface area contributed by atoms with Crippen LogP contribution < -0.4 is 9.46 Å². The van der Waals surface area contributed by atoms with Crippen molar-refractivity contribution < 1.29 is 13.2 Å². The lowest BCUT2D eigenvalue weighted by Crippen LogP contribution is -2.36. The SMILES string of the molecule is COc1ccc(C(NS(=O)(=O)c2ccccc2C)C(Cl)(Cl)Cl)cc1. The van der Waals surface area contributed by atoms with Gasteiger partial charge in [0.25, 0.3) is 0 Å². The highest BCUT2D eigenvalue weighted by atomic mass is 35.6. The Morgan fingerprint density at radius 3 is 2.12 bits per heavy atom. The summed E-state index contributed by atoms with van der Waals surface area (Å²) < 4.78 is 31.1. The third kappa shape index (κ3) is 4.55. The van der Waals surface area contributed by atoms with Gasteiger partial charge in [-0.2, -0.15) is 4.72 Å². The van der Waals surface area contributed by atoms with Gasteiger partial charge in [-0.25, -0.2) is 8.42 Å². The number of hydrogen-bond acceptors (Lipinski definition) is 3. The third-order valence-electron chi connectivity index (χ3n) is 3.43. The van der Waals surface area contributed by atoms with Gasteiger partial charge in [0.1, 0.15) is 5.75 Å². The molecule has 24 heavy (non-hydrogen) atoms. The maximum atomic E-state index is 12.7. The van der Waals surface area contributed by atoms with Crippen molar-refractivity contribution in [1.29, 1.82) is 0 Å². The van der Waals surface area contributed by atoms with E-state index in [-0.39, 0.29) is 4.90 Å². The van der Waals surface area contributed by atoms with Crippen molar-refractivity contribution in [2.24, 2.45) is 0 Å². The predicted octanol–water partition coefficient (Wildman–Crippen LogP) is 4.39. The van der Waals surface area contributed by atoms with Crippen molar-refractivity contribution in [1.82, 2.24) is 4.72 Å². The van der Waals surface area contributed by atoms with E-state index in [0.29, 0.717) is 16.9 Å². The molecule has 130 valence electrons. The number of sulfonamides is 1. The molecule has 1 atom stereocenters. The molecule has 1 N–H and O–H groups in total. The summed E-state index contributed by atoms with van der Waals surface area (Å²) in [6, 6.07) is 12.2. The smallest absolute Gasteiger partial charge is 0.241 e. The molecule has 8 heteroatoms. The van der Waals surface area contributed by atoms with Crippen LogP contribution in [0.15, 0.2) is 53.4 Å². The van der Waals surface area contributed by atoms with E-state index < -0.39 is 19.9 Å². The minimum atomic E-state index is -3.87. The number of aryl methyl sites for hydroxylation is 1. The number of ether oxygens (including phenoxy) is 1. The highest BCUT2D eigenvalue weighted by Crippen LogP contribution is 2.41. The van der Waals surface area contributed by atoms with Gasteiger partial charge in [0.05, 0.1) is 18.0 Å². The van der Waals surface area contributed by atoms with E-state index in [1.54, 1.807) is 49.4 Å². The van der Waals surface area contributed by atoms with Gasteiger partial charge in [0.2, 0.25) is 13.8 Å². The molecule has 0 saturated heterocycles. The van der Waals surface area contributed by atoms with Crippen LogP contribution in [0.1, 0.15) is 17.2 Å². The first-order valence-electron chi connectivity index (χ1n) is 6.94. The van der Waals surface area contributed by atoms with Crippen LogP contribution in [-0.4, -0.2) is 19.3 Å². The predicted molar refractivity (Wildman–Crippen MR) is 97.5 cm³/mol. The summed E-state index contributed by atoms with van der Waals surface area (Å²) in [6.45, 7) is 1.70. The van der Waals surface area contributed by atoms with Crippen LogP contribution >= 0.6 is 34.8 Å². The van der Waals surface area contributed by atoms with Crippen LogP contribution in [0.4, 0.5) is 0 Å². The fourth-order valence-electron chi connectivity index (χ4n) is 2.20. The van der Waals surface area contributed by atoms with Crippen LogP contribution in [-0.2, 0) is 10.0 Å². The van der Waals surface area contributed by atoms with Crippen molar-refractivity contribution in [2.75, 3.05) is 7.11 Å². The largest absolute Gasteiger partial charge is 0.497 e. The fourth-order valence-corrected chi connectivity index (χ4v) is 4.43. The van der Waals surface area contributed by atoms with E-state index in [1.165, 1.54) is 13.2 Å². The topological polar surface area (TPSA) is 55.4 Å². The van der Waals surface area contributed by atoms with E-state index in [0.717, 1.165) is 0 Å². The number of alkyl halides is 3. The molecular formula is C16H16Cl3NO3S. The van der Waals surface area contributed by atoms with Gasteiger partial charge < -0.3 is 4.74 Å². The van der Waals surface area contributed by atoms with E-state index in [4.69, 9.17) is 39.5 Å². The lowest BCUT2D eigenvalue weighted by molar-refractivity contribution is 0.414. The Labute approximate surface area is 156 Å². The molecule has 1 unspecified atom stereocenters. The molecule has 0 aliphatic rings. The third-order valence-corrected chi connectivity index (χ3v) is 5.67. The summed E-state index contributed by atoms with van der Waals surface area (Å²) in [7, 11) is -2.34. The zero-order valence-corrected chi connectivity index (χ0v) is 16.0. The van der Waals surface area contributed by atoms with Gasteiger partial charge in [-0.1, -0.05) is 65.1 Å². The van der Waals surface area contributed by atoms with E-state index in [2.05, 4.69) is 4.72 Å². The molecule has 4 nitrogen and oxygen atoms in total. The molecule has 0 bridgehead atoms. The summed E-state index contributed by atoms with van der Waals surface area (Å²) in [5.41, 5.74) is 1.11. The molecule has 2 rings (SSSR count). The van der Waals surface area contributed by atoms with Gasteiger partial charge in [-0.15, -0.1) is 0 Å². The molecule has 0 fully saturated rings.